The summed E-state index contributed by atoms with van der Waals surface area (Å²) in [4.78, 5) is 12.0. The van der Waals surface area contributed by atoms with Crippen molar-refractivity contribution in [2.24, 2.45) is 5.92 Å². The van der Waals surface area contributed by atoms with E-state index < -0.39 is 0 Å². The minimum Gasteiger partial charge on any atom is -0.456 e. The van der Waals surface area contributed by atoms with Crippen LogP contribution in [0.4, 0.5) is 0 Å². The van der Waals surface area contributed by atoms with Crippen molar-refractivity contribution >= 4 is 5.97 Å². The Labute approximate surface area is 103 Å². The van der Waals surface area contributed by atoms with Crippen molar-refractivity contribution in [1.82, 2.24) is 0 Å². The van der Waals surface area contributed by atoms with Crippen LogP contribution in [0, 0.1) is 12.8 Å². The third-order valence-electron chi connectivity index (χ3n) is 2.70. The second-order valence-corrected chi connectivity index (χ2v) is 4.46. The van der Waals surface area contributed by atoms with Crippen LogP contribution in [0.25, 0.3) is 0 Å². The van der Waals surface area contributed by atoms with Gasteiger partial charge in [-0.05, 0) is 24.5 Å². The lowest BCUT2D eigenvalue weighted by molar-refractivity contribution is -0.0103. The van der Waals surface area contributed by atoms with Crippen molar-refractivity contribution in [1.29, 1.82) is 0 Å². The van der Waals surface area contributed by atoms with Crippen LogP contribution in [-0.2, 0) is 9.47 Å². The number of methoxy groups -OCH3 is 1. The molecule has 3 heteroatoms. The number of esters is 1. The normalized spacial score (nSPS) is 12.5. The number of hydrogen-bond acceptors (Lipinski definition) is 3. The van der Waals surface area contributed by atoms with Gasteiger partial charge in [-0.2, -0.15) is 0 Å². The molecule has 1 atom stereocenters. The summed E-state index contributed by atoms with van der Waals surface area (Å²) in [6, 6.07) is 7.42. The van der Waals surface area contributed by atoms with Crippen LogP contribution in [0.2, 0.25) is 0 Å². The third kappa shape index (κ3) is 3.86. The zero-order chi connectivity index (χ0) is 12.8. The van der Waals surface area contributed by atoms with Gasteiger partial charge in [-0.1, -0.05) is 32.0 Å². The number of ether oxygens (including phenoxy) is 2. The molecule has 0 heterocycles. The standard InChI is InChI=1S/C14H20O3/c1-10(2)13(9-16-4)17-14(15)12-8-6-5-7-11(12)3/h5-8,10,13H,9H2,1-4H3. The molecule has 1 unspecified atom stereocenters. The molecular formula is C14H20O3. The molecule has 0 bridgehead atoms. The first-order valence-corrected chi connectivity index (χ1v) is 5.81. The van der Waals surface area contributed by atoms with Crippen LogP contribution in [0.5, 0.6) is 0 Å². The highest BCUT2D eigenvalue weighted by Gasteiger charge is 2.20. The van der Waals surface area contributed by atoms with E-state index in [0.29, 0.717) is 12.2 Å². The predicted molar refractivity (Wildman–Crippen MR) is 67.1 cm³/mol. The van der Waals surface area contributed by atoms with Gasteiger partial charge in [0.1, 0.15) is 6.10 Å². The minimum atomic E-state index is -0.279. The summed E-state index contributed by atoms with van der Waals surface area (Å²) in [6.45, 7) is 6.34. The van der Waals surface area contributed by atoms with E-state index in [0.717, 1.165) is 5.56 Å². The van der Waals surface area contributed by atoms with Gasteiger partial charge in [0.2, 0.25) is 0 Å². The molecule has 0 aliphatic heterocycles. The van der Waals surface area contributed by atoms with E-state index in [4.69, 9.17) is 9.47 Å². The zero-order valence-corrected chi connectivity index (χ0v) is 10.9. The van der Waals surface area contributed by atoms with Crippen LogP contribution in [0.15, 0.2) is 24.3 Å². The van der Waals surface area contributed by atoms with Crippen molar-refractivity contribution < 1.29 is 14.3 Å². The maximum Gasteiger partial charge on any atom is 0.338 e. The smallest absolute Gasteiger partial charge is 0.338 e. The lowest BCUT2D eigenvalue weighted by Crippen LogP contribution is -2.28. The van der Waals surface area contributed by atoms with Gasteiger partial charge in [0, 0.05) is 7.11 Å². The molecule has 0 aliphatic carbocycles. The Morgan fingerprint density at radius 2 is 1.94 bits per heavy atom. The van der Waals surface area contributed by atoms with Crippen molar-refractivity contribution in [3.63, 3.8) is 0 Å². The second-order valence-electron chi connectivity index (χ2n) is 4.46. The number of rotatable bonds is 5. The molecule has 0 radical (unpaired) electrons. The summed E-state index contributed by atoms with van der Waals surface area (Å²) >= 11 is 0. The molecule has 0 N–H and O–H groups in total. The molecular weight excluding hydrogens is 216 g/mol. The highest BCUT2D eigenvalue weighted by atomic mass is 16.6. The van der Waals surface area contributed by atoms with Crippen molar-refractivity contribution in [2.75, 3.05) is 13.7 Å². The minimum absolute atomic E-state index is 0.202. The van der Waals surface area contributed by atoms with Crippen molar-refractivity contribution in [3.8, 4) is 0 Å². The van der Waals surface area contributed by atoms with Crippen LogP contribution < -0.4 is 0 Å². The Bertz CT molecular complexity index is 371. The summed E-state index contributed by atoms with van der Waals surface area (Å²) < 4.78 is 10.5. The van der Waals surface area contributed by atoms with Gasteiger partial charge in [-0.15, -0.1) is 0 Å². The first-order chi connectivity index (χ1) is 8.06. The molecule has 3 nitrogen and oxygen atoms in total. The van der Waals surface area contributed by atoms with Crippen molar-refractivity contribution in [3.05, 3.63) is 35.4 Å². The summed E-state index contributed by atoms with van der Waals surface area (Å²) in [5.74, 6) is -0.0400. The maximum absolute atomic E-state index is 12.0. The monoisotopic (exact) mass is 236 g/mol. The number of carbonyl (C=O) groups excluding carboxylic acids is 1. The van der Waals surface area contributed by atoms with Crippen LogP contribution in [-0.4, -0.2) is 25.8 Å². The van der Waals surface area contributed by atoms with E-state index >= 15 is 0 Å². The SMILES string of the molecule is COCC(OC(=O)c1ccccc1C)C(C)C. The molecule has 0 aliphatic rings. The van der Waals surface area contributed by atoms with Gasteiger partial charge in [0.15, 0.2) is 0 Å². The molecule has 1 aromatic carbocycles. The van der Waals surface area contributed by atoms with E-state index in [-0.39, 0.29) is 18.0 Å². The van der Waals surface area contributed by atoms with Gasteiger partial charge < -0.3 is 9.47 Å². The average Bonchev–Trinajstić information content (AvgIpc) is 2.28. The van der Waals surface area contributed by atoms with Crippen molar-refractivity contribution in [2.45, 2.75) is 26.9 Å². The summed E-state index contributed by atoms with van der Waals surface area (Å²) in [5.41, 5.74) is 1.55. The summed E-state index contributed by atoms with van der Waals surface area (Å²) in [6.07, 6.45) is -0.202. The van der Waals surface area contributed by atoms with E-state index in [9.17, 15) is 4.79 Å². The van der Waals surface area contributed by atoms with Crippen LogP contribution in [0.3, 0.4) is 0 Å². The fourth-order valence-electron chi connectivity index (χ4n) is 1.53. The molecule has 94 valence electrons. The molecule has 0 fully saturated rings. The quantitative estimate of drug-likeness (QED) is 0.737. The first kappa shape index (κ1) is 13.7. The van der Waals surface area contributed by atoms with Gasteiger partial charge in [-0.25, -0.2) is 4.79 Å². The van der Waals surface area contributed by atoms with Gasteiger partial charge >= 0.3 is 5.97 Å². The summed E-state index contributed by atoms with van der Waals surface area (Å²) in [7, 11) is 1.61. The fraction of sp³-hybridized carbons (Fsp3) is 0.500. The van der Waals surface area contributed by atoms with Gasteiger partial charge in [0.25, 0.3) is 0 Å². The number of carbonyl (C=O) groups is 1. The topological polar surface area (TPSA) is 35.5 Å². The van der Waals surface area contributed by atoms with E-state index in [1.165, 1.54) is 0 Å². The van der Waals surface area contributed by atoms with Crippen LogP contribution >= 0.6 is 0 Å². The van der Waals surface area contributed by atoms with Crippen LogP contribution in [0.1, 0.15) is 29.8 Å². The number of aryl methyl sites for hydroxylation is 1. The Kier molecular flexibility index (Phi) is 5.16. The Balaban J connectivity index is 2.74. The van der Waals surface area contributed by atoms with E-state index in [2.05, 4.69) is 0 Å². The molecule has 0 aromatic heterocycles. The highest BCUT2D eigenvalue weighted by Crippen LogP contribution is 2.13. The predicted octanol–water partition coefficient (Wildman–Crippen LogP) is 2.82. The Morgan fingerprint density at radius 1 is 1.29 bits per heavy atom. The molecule has 0 saturated heterocycles. The second kappa shape index (κ2) is 6.40. The van der Waals surface area contributed by atoms with E-state index in [1.807, 2.05) is 39.0 Å². The van der Waals surface area contributed by atoms with E-state index in [1.54, 1.807) is 13.2 Å². The largest absolute Gasteiger partial charge is 0.456 e. The summed E-state index contributed by atoms with van der Waals surface area (Å²) in [5, 5.41) is 0. The number of hydrogen-bond donors (Lipinski definition) is 0. The molecule has 1 aromatic rings. The lowest BCUT2D eigenvalue weighted by Gasteiger charge is -2.20. The molecule has 1 rings (SSSR count). The highest BCUT2D eigenvalue weighted by molar-refractivity contribution is 5.91. The average molecular weight is 236 g/mol. The number of benzene rings is 1. The van der Waals surface area contributed by atoms with Gasteiger partial charge in [0.05, 0.1) is 12.2 Å². The fourth-order valence-corrected chi connectivity index (χ4v) is 1.53. The Morgan fingerprint density at radius 3 is 2.47 bits per heavy atom. The maximum atomic E-state index is 12.0. The molecule has 0 amide bonds. The molecule has 0 spiro atoms. The molecule has 17 heavy (non-hydrogen) atoms. The molecule has 0 saturated carbocycles. The Hall–Kier alpha value is -1.35. The first-order valence-electron chi connectivity index (χ1n) is 5.81. The lowest BCUT2D eigenvalue weighted by atomic mass is 10.1. The zero-order valence-electron chi connectivity index (χ0n) is 10.9. The third-order valence-corrected chi connectivity index (χ3v) is 2.70. The van der Waals surface area contributed by atoms with Gasteiger partial charge in [-0.3, -0.25) is 0 Å².